The zero-order valence-corrected chi connectivity index (χ0v) is 39.0. The van der Waals surface area contributed by atoms with Crippen molar-refractivity contribution in [3.05, 3.63) is 45.3 Å². The number of carbonyl (C=O) groups is 2. The highest BCUT2D eigenvalue weighted by Gasteiger charge is 2.79. The predicted molar refractivity (Wildman–Crippen MR) is 243 cm³/mol. The molecule has 9 nitrogen and oxygen atoms in total. The summed E-state index contributed by atoms with van der Waals surface area (Å²) >= 11 is 0. The fourth-order valence-corrected chi connectivity index (χ4v) is 18.7. The molecule has 1 aromatic rings. The summed E-state index contributed by atoms with van der Waals surface area (Å²) in [6, 6.07) is 3.86. The van der Waals surface area contributed by atoms with Crippen molar-refractivity contribution in [2.24, 2.45) is 67.5 Å². The van der Waals surface area contributed by atoms with E-state index >= 15 is 4.79 Å². The molecule has 10 aliphatic rings. The van der Waals surface area contributed by atoms with Gasteiger partial charge in [0, 0.05) is 48.9 Å². The summed E-state index contributed by atoms with van der Waals surface area (Å²) < 4.78 is 5.30. The number of benzene rings is 1. The lowest BCUT2D eigenvalue weighted by atomic mass is 9.29. The van der Waals surface area contributed by atoms with Crippen molar-refractivity contribution in [3.8, 4) is 11.8 Å². The Hall–Kier alpha value is -2.68. The highest BCUT2D eigenvalue weighted by molar-refractivity contribution is 5.97. The number of aliphatic hydroxyl groups is 6. The van der Waals surface area contributed by atoms with Gasteiger partial charge >= 0.3 is 0 Å². The summed E-state index contributed by atoms with van der Waals surface area (Å²) in [5.41, 5.74) is -1.95. The molecule has 0 aromatic heterocycles. The number of hydrogen-bond donors (Lipinski definition) is 6. The summed E-state index contributed by atoms with van der Waals surface area (Å²) in [7, 11) is 1.63. The molecule has 64 heavy (non-hydrogen) atoms. The number of carbonyl (C=O) groups excluding carboxylic acids is 2. The topological polar surface area (TPSA) is 165 Å². The van der Waals surface area contributed by atoms with Gasteiger partial charge in [-0.05, 0) is 175 Å². The number of aliphatic hydroxyl groups excluding tert-OH is 6. The number of Topliss-reactive ketones (excluding diaryl/α,β-unsaturated/α-hetero) is 1. The number of fused-ring (bicyclic) bond motifs is 6. The van der Waals surface area contributed by atoms with Crippen LogP contribution >= 0.6 is 0 Å². The van der Waals surface area contributed by atoms with Gasteiger partial charge in [-0.15, -0.1) is 5.92 Å². The second kappa shape index (κ2) is 15.4. The summed E-state index contributed by atoms with van der Waals surface area (Å²) in [4.78, 5) is 30.4. The highest BCUT2D eigenvalue weighted by atomic mass is 16.5. The third kappa shape index (κ3) is 5.75. The SMILES string of the molecule is COCCCC(=O)c1cc([C@H](C)O)cc2c1=C[C@H]1CC[C@@]34CC[C@@H]5[C@](C)([C@H](O)CO)[C@@H](O)CC[C@@]5([C@H]3C(=O)C=C3[C@H]5C[C@@]6(C)CCC#C[C@H](O)[C@]5([C@@H](O)C[C@]34C)C3(CCCC3)C6)[C@H]1C=2. The molecule has 0 heterocycles. The Labute approximate surface area is 379 Å². The summed E-state index contributed by atoms with van der Waals surface area (Å²) in [5.74, 6) is 5.42. The van der Waals surface area contributed by atoms with Crippen molar-refractivity contribution < 1.29 is 45.0 Å². The Bertz CT molecular complexity index is 2310. The van der Waals surface area contributed by atoms with Crippen molar-refractivity contribution in [1.82, 2.24) is 0 Å². The lowest BCUT2D eigenvalue weighted by Gasteiger charge is -2.75. The zero-order valence-electron chi connectivity index (χ0n) is 39.0. The highest BCUT2D eigenvalue weighted by Crippen LogP contribution is 2.82. The van der Waals surface area contributed by atoms with Gasteiger partial charge in [0.05, 0.1) is 31.0 Å². The Morgan fingerprint density at radius 2 is 1.69 bits per heavy atom. The van der Waals surface area contributed by atoms with E-state index in [2.05, 4.69) is 37.8 Å². The smallest absolute Gasteiger partial charge is 0.163 e. The van der Waals surface area contributed by atoms with Gasteiger partial charge in [-0.25, -0.2) is 0 Å². The van der Waals surface area contributed by atoms with Gasteiger partial charge in [0.15, 0.2) is 11.6 Å². The Morgan fingerprint density at radius 3 is 2.41 bits per heavy atom. The maximum Gasteiger partial charge on any atom is 0.163 e. The van der Waals surface area contributed by atoms with Crippen LogP contribution in [-0.4, -0.2) is 86.9 Å². The van der Waals surface area contributed by atoms with Gasteiger partial charge in [-0.3, -0.25) is 9.59 Å². The number of rotatable bonds is 8. The first kappa shape index (κ1) is 45.1. The van der Waals surface area contributed by atoms with Crippen molar-refractivity contribution in [2.45, 2.75) is 167 Å². The van der Waals surface area contributed by atoms with Crippen LogP contribution in [0.3, 0.4) is 0 Å². The number of ketones is 2. The van der Waals surface area contributed by atoms with Crippen LogP contribution in [-0.2, 0) is 9.53 Å². The average Bonchev–Trinajstić information content (AvgIpc) is 3.73. The van der Waals surface area contributed by atoms with Gasteiger partial charge < -0.3 is 35.4 Å². The van der Waals surface area contributed by atoms with E-state index in [1.807, 2.05) is 25.1 Å². The van der Waals surface area contributed by atoms with Crippen LogP contribution in [0.2, 0.25) is 0 Å². The van der Waals surface area contributed by atoms with Crippen molar-refractivity contribution in [2.75, 3.05) is 20.3 Å². The molecule has 1 aromatic carbocycles. The first-order chi connectivity index (χ1) is 30.4. The Balaban J connectivity index is 1.21. The van der Waals surface area contributed by atoms with E-state index in [0.29, 0.717) is 69.1 Å². The lowest BCUT2D eigenvalue weighted by Crippen LogP contribution is -2.74. The van der Waals surface area contributed by atoms with Gasteiger partial charge in [-0.2, -0.15) is 0 Å². The fourth-order valence-electron chi connectivity index (χ4n) is 18.7. The zero-order chi connectivity index (χ0) is 45.4. The standard InChI is InChI=1S/C55H74O9/c1-32(57)34-23-35-26-38-33(24-36(35)37(25-34)41(58)11-10-22-64-5)13-19-53-20-14-43-51(4,47(63)30-56)44(60)15-21-54(38,43)48(53)42(59)27-39-40-28-49(2)16-7-6-12-45(61)55(40,46(62)29-50(39,53)3)52(31-49)17-8-9-18-52/h23-27,32-33,38,40,43-48,56-57,60-63H,7-11,13-22,28-31H2,1-5H3/t32-,33+,38-,40+,43+,44-,45-,46-,47+,48-,49+,50+,51-,53+,54+,55+/m0/s1. The van der Waals surface area contributed by atoms with Crippen LogP contribution in [0.5, 0.6) is 0 Å². The number of methoxy groups -OCH3 is 1. The van der Waals surface area contributed by atoms with Crippen molar-refractivity contribution in [1.29, 1.82) is 0 Å². The molecule has 6 N–H and O–H groups in total. The maximum atomic E-state index is 16.2. The van der Waals surface area contributed by atoms with Crippen LogP contribution in [0, 0.1) is 79.3 Å². The fraction of sp³-hybridized carbons (Fsp3) is 0.745. The second-order valence-electron chi connectivity index (χ2n) is 23.7. The van der Waals surface area contributed by atoms with Gasteiger partial charge in [0.1, 0.15) is 6.10 Å². The molecule has 348 valence electrons. The molecule has 0 saturated heterocycles. The van der Waals surface area contributed by atoms with Crippen LogP contribution in [0.4, 0.5) is 0 Å². The van der Waals surface area contributed by atoms with Gasteiger partial charge in [0.2, 0.25) is 0 Å². The number of allylic oxidation sites excluding steroid dienone is 2. The summed E-state index contributed by atoms with van der Waals surface area (Å²) in [6.07, 6.45) is 14.2. The first-order valence-electron chi connectivity index (χ1n) is 25.1. The number of hydrogen-bond acceptors (Lipinski definition) is 9. The Morgan fingerprint density at radius 1 is 0.938 bits per heavy atom. The normalized spacial score (nSPS) is 45.6. The van der Waals surface area contributed by atoms with Crippen LogP contribution in [0.1, 0.15) is 159 Å². The van der Waals surface area contributed by atoms with Gasteiger partial charge in [0.25, 0.3) is 0 Å². The van der Waals surface area contributed by atoms with Crippen molar-refractivity contribution in [3.63, 3.8) is 0 Å². The van der Waals surface area contributed by atoms with E-state index in [4.69, 9.17) is 4.74 Å². The second-order valence-corrected chi connectivity index (χ2v) is 23.7. The largest absolute Gasteiger partial charge is 0.394 e. The first-order valence-corrected chi connectivity index (χ1v) is 25.1. The van der Waals surface area contributed by atoms with E-state index in [1.165, 1.54) is 0 Å². The monoisotopic (exact) mass is 879 g/mol. The molecule has 0 radical (unpaired) electrons. The molecule has 3 spiro atoms. The van der Waals surface area contributed by atoms with Crippen molar-refractivity contribution >= 4 is 23.7 Å². The minimum atomic E-state index is -1.21. The van der Waals surface area contributed by atoms with Crippen LogP contribution in [0.15, 0.2) is 23.8 Å². The van der Waals surface area contributed by atoms with E-state index in [-0.39, 0.29) is 46.1 Å². The maximum absolute atomic E-state index is 16.2. The molecule has 11 rings (SSSR count). The molecule has 0 unspecified atom stereocenters. The molecule has 6 saturated carbocycles. The third-order valence-corrected chi connectivity index (χ3v) is 21.3. The molecule has 0 aliphatic heterocycles. The average molecular weight is 879 g/mol. The minimum absolute atomic E-state index is 0.000518. The minimum Gasteiger partial charge on any atom is -0.394 e. The van der Waals surface area contributed by atoms with Crippen LogP contribution < -0.4 is 10.4 Å². The van der Waals surface area contributed by atoms with E-state index < -0.39 is 70.1 Å². The van der Waals surface area contributed by atoms with E-state index in [1.54, 1.807) is 14.0 Å². The molecule has 9 heteroatoms. The van der Waals surface area contributed by atoms with Gasteiger partial charge in [-0.1, -0.05) is 57.3 Å². The quantitative estimate of drug-likeness (QED) is 0.107. The summed E-state index contributed by atoms with van der Waals surface area (Å²) in [5, 5.41) is 73.5. The molecular formula is C55H74O9. The molecule has 16 atom stereocenters. The predicted octanol–water partition coefficient (Wildman–Crippen LogP) is 5.86. The Kier molecular flexibility index (Phi) is 10.9. The number of ether oxygens (including phenoxy) is 1. The van der Waals surface area contributed by atoms with E-state index in [0.717, 1.165) is 73.8 Å². The molecule has 10 aliphatic carbocycles. The molecule has 0 amide bonds. The molecular weight excluding hydrogens is 805 g/mol. The third-order valence-electron chi connectivity index (χ3n) is 21.3. The lowest BCUT2D eigenvalue weighted by molar-refractivity contribution is -0.266. The van der Waals surface area contributed by atoms with Crippen LogP contribution in [0.25, 0.3) is 12.2 Å². The molecule has 4 bridgehead atoms. The van der Waals surface area contributed by atoms with E-state index in [9.17, 15) is 35.4 Å². The molecule has 6 fully saturated rings. The summed E-state index contributed by atoms with van der Waals surface area (Å²) in [6.45, 7) is 8.37.